The van der Waals surface area contributed by atoms with Crippen LogP contribution < -0.4 is 16.0 Å². The molecule has 1 heterocycles. The molecule has 0 aromatic heterocycles. The van der Waals surface area contributed by atoms with Crippen molar-refractivity contribution in [1.82, 2.24) is 10.6 Å². The van der Waals surface area contributed by atoms with Crippen molar-refractivity contribution < 1.29 is 14.4 Å². The molecule has 1 aromatic rings. The van der Waals surface area contributed by atoms with E-state index in [-0.39, 0.29) is 30.2 Å². The lowest BCUT2D eigenvalue weighted by molar-refractivity contribution is -0.126. The van der Waals surface area contributed by atoms with Gasteiger partial charge in [-0.1, -0.05) is 37.8 Å². The average molecular weight is 329 g/mol. The Balaban J connectivity index is 1.61. The van der Waals surface area contributed by atoms with E-state index >= 15 is 0 Å². The molecule has 3 rings (SSSR count). The third-order valence-electron chi connectivity index (χ3n) is 4.66. The molecule has 2 aliphatic rings. The largest absolute Gasteiger partial charge is 0.353 e. The number of amides is 3. The first-order chi connectivity index (χ1) is 11.6. The lowest BCUT2D eigenvalue weighted by Crippen LogP contribution is -2.46. The SMILES string of the molecule is O=C(C[C@@H]1NC(=O)c2ccccc2NC1=O)NC1CCCCCC1. The molecule has 1 aliphatic heterocycles. The third kappa shape index (κ3) is 3.93. The molecule has 0 radical (unpaired) electrons. The highest BCUT2D eigenvalue weighted by Gasteiger charge is 2.29. The Labute approximate surface area is 141 Å². The smallest absolute Gasteiger partial charge is 0.254 e. The highest BCUT2D eigenvalue weighted by Crippen LogP contribution is 2.20. The minimum absolute atomic E-state index is 0.0396. The van der Waals surface area contributed by atoms with Crippen LogP contribution in [0.2, 0.25) is 0 Å². The van der Waals surface area contributed by atoms with Crippen LogP contribution in [0.4, 0.5) is 5.69 Å². The Morgan fingerprint density at radius 1 is 1.08 bits per heavy atom. The van der Waals surface area contributed by atoms with E-state index < -0.39 is 6.04 Å². The lowest BCUT2D eigenvalue weighted by Gasteiger charge is -2.19. The van der Waals surface area contributed by atoms with Crippen LogP contribution in [0.15, 0.2) is 24.3 Å². The van der Waals surface area contributed by atoms with Gasteiger partial charge in [0.15, 0.2) is 0 Å². The monoisotopic (exact) mass is 329 g/mol. The molecule has 6 nitrogen and oxygen atoms in total. The zero-order valence-corrected chi connectivity index (χ0v) is 13.6. The molecule has 1 aliphatic carbocycles. The first-order valence-electron chi connectivity index (χ1n) is 8.63. The molecule has 0 bridgehead atoms. The zero-order valence-electron chi connectivity index (χ0n) is 13.6. The predicted octanol–water partition coefficient (Wildman–Crippen LogP) is 1.97. The van der Waals surface area contributed by atoms with E-state index in [1.54, 1.807) is 24.3 Å². The summed E-state index contributed by atoms with van der Waals surface area (Å²) in [4.78, 5) is 36.8. The van der Waals surface area contributed by atoms with Gasteiger partial charge in [0.05, 0.1) is 17.7 Å². The van der Waals surface area contributed by atoms with Crippen molar-refractivity contribution in [3.8, 4) is 0 Å². The van der Waals surface area contributed by atoms with E-state index in [9.17, 15) is 14.4 Å². The molecule has 3 amide bonds. The van der Waals surface area contributed by atoms with E-state index in [0.29, 0.717) is 11.3 Å². The van der Waals surface area contributed by atoms with Gasteiger partial charge >= 0.3 is 0 Å². The molecule has 0 saturated heterocycles. The number of fused-ring (bicyclic) bond motifs is 1. The van der Waals surface area contributed by atoms with Crippen LogP contribution in [-0.2, 0) is 9.59 Å². The summed E-state index contributed by atoms with van der Waals surface area (Å²) < 4.78 is 0. The van der Waals surface area contributed by atoms with E-state index in [0.717, 1.165) is 25.7 Å². The normalized spacial score (nSPS) is 21.8. The summed E-state index contributed by atoms with van der Waals surface area (Å²) in [6.45, 7) is 0. The molecule has 128 valence electrons. The maximum Gasteiger partial charge on any atom is 0.254 e. The van der Waals surface area contributed by atoms with Gasteiger partial charge in [-0.15, -0.1) is 0 Å². The van der Waals surface area contributed by atoms with Crippen molar-refractivity contribution >= 4 is 23.4 Å². The van der Waals surface area contributed by atoms with Crippen molar-refractivity contribution in [2.75, 3.05) is 5.32 Å². The molecular weight excluding hydrogens is 306 g/mol. The fourth-order valence-electron chi connectivity index (χ4n) is 3.35. The lowest BCUT2D eigenvalue weighted by atomic mass is 10.1. The predicted molar refractivity (Wildman–Crippen MR) is 90.6 cm³/mol. The maximum absolute atomic E-state index is 12.3. The van der Waals surface area contributed by atoms with E-state index in [1.165, 1.54) is 12.8 Å². The second-order valence-electron chi connectivity index (χ2n) is 6.52. The summed E-state index contributed by atoms with van der Waals surface area (Å²) >= 11 is 0. The number of carbonyl (C=O) groups excluding carboxylic acids is 3. The van der Waals surface area contributed by atoms with E-state index in [4.69, 9.17) is 0 Å². The van der Waals surface area contributed by atoms with Gasteiger partial charge in [0, 0.05) is 6.04 Å². The summed E-state index contributed by atoms with van der Waals surface area (Å²) in [5, 5.41) is 8.39. The Kier molecular flexibility index (Phi) is 5.13. The number of hydrogen-bond acceptors (Lipinski definition) is 3. The van der Waals surface area contributed by atoms with Crippen LogP contribution in [0, 0.1) is 0 Å². The molecule has 1 fully saturated rings. The molecule has 1 aromatic carbocycles. The first kappa shape index (κ1) is 16.5. The van der Waals surface area contributed by atoms with Crippen LogP contribution in [-0.4, -0.2) is 29.8 Å². The van der Waals surface area contributed by atoms with Crippen LogP contribution in [0.5, 0.6) is 0 Å². The van der Waals surface area contributed by atoms with Gasteiger partial charge < -0.3 is 16.0 Å². The summed E-state index contributed by atoms with van der Waals surface area (Å²) in [5.74, 6) is -0.881. The maximum atomic E-state index is 12.3. The van der Waals surface area contributed by atoms with Gasteiger partial charge in [-0.3, -0.25) is 14.4 Å². The number of para-hydroxylation sites is 1. The van der Waals surface area contributed by atoms with Crippen LogP contribution in [0.3, 0.4) is 0 Å². The molecule has 0 unspecified atom stereocenters. The summed E-state index contributed by atoms with van der Waals surface area (Å²) in [6, 6.07) is 6.16. The number of hydrogen-bond donors (Lipinski definition) is 3. The van der Waals surface area contributed by atoms with Crippen molar-refractivity contribution in [2.45, 2.75) is 57.0 Å². The Bertz CT molecular complexity index is 636. The first-order valence-corrected chi connectivity index (χ1v) is 8.63. The second-order valence-corrected chi connectivity index (χ2v) is 6.52. The Hall–Kier alpha value is -2.37. The zero-order chi connectivity index (χ0) is 16.9. The number of nitrogens with one attached hydrogen (secondary N) is 3. The molecule has 0 spiro atoms. The minimum atomic E-state index is -0.851. The number of anilines is 1. The third-order valence-corrected chi connectivity index (χ3v) is 4.66. The minimum Gasteiger partial charge on any atom is -0.353 e. The summed E-state index contributed by atoms with van der Waals surface area (Å²) in [6.07, 6.45) is 6.61. The Morgan fingerprint density at radius 2 is 1.79 bits per heavy atom. The van der Waals surface area contributed by atoms with E-state index in [2.05, 4.69) is 16.0 Å². The fourth-order valence-corrected chi connectivity index (χ4v) is 3.35. The van der Waals surface area contributed by atoms with Crippen molar-refractivity contribution in [3.05, 3.63) is 29.8 Å². The van der Waals surface area contributed by atoms with Crippen molar-refractivity contribution in [3.63, 3.8) is 0 Å². The molecule has 6 heteroatoms. The van der Waals surface area contributed by atoms with Gasteiger partial charge in [0.25, 0.3) is 5.91 Å². The molecule has 1 saturated carbocycles. The number of carbonyl (C=O) groups is 3. The topological polar surface area (TPSA) is 87.3 Å². The quantitative estimate of drug-likeness (QED) is 0.741. The second kappa shape index (κ2) is 7.47. The molecule has 3 N–H and O–H groups in total. The van der Waals surface area contributed by atoms with Gasteiger partial charge in [0.1, 0.15) is 6.04 Å². The number of benzene rings is 1. The molecule has 24 heavy (non-hydrogen) atoms. The summed E-state index contributed by atoms with van der Waals surface area (Å²) in [5.41, 5.74) is 0.893. The van der Waals surface area contributed by atoms with Crippen molar-refractivity contribution in [1.29, 1.82) is 0 Å². The summed E-state index contributed by atoms with van der Waals surface area (Å²) in [7, 11) is 0. The van der Waals surface area contributed by atoms with Gasteiger partial charge in [-0.2, -0.15) is 0 Å². The van der Waals surface area contributed by atoms with E-state index in [1.807, 2.05) is 0 Å². The molecular formula is C18H23N3O3. The van der Waals surface area contributed by atoms with Crippen LogP contribution in [0.1, 0.15) is 55.3 Å². The molecule has 1 atom stereocenters. The van der Waals surface area contributed by atoms with Gasteiger partial charge in [-0.25, -0.2) is 0 Å². The fraction of sp³-hybridized carbons (Fsp3) is 0.500. The highest BCUT2D eigenvalue weighted by atomic mass is 16.2. The van der Waals surface area contributed by atoms with Gasteiger partial charge in [-0.05, 0) is 25.0 Å². The van der Waals surface area contributed by atoms with Crippen molar-refractivity contribution in [2.24, 2.45) is 0 Å². The highest BCUT2D eigenvalue weighted by molar-refractivity contribution is 6.10. The Morgan fingerprint density at radius 3 is 2.54 bits per heavy atom. The average Bonchev–Trinajstić information content (AvgIpc) is 2.88. The van der Waals surface area contributed by atoms with Crippen LogP contribution in [0.25, 0.3) is 0 Å². The van der Waals surface area contributed by atoms with Crippen LogP contribution >= 0.6 is 0 Å². The standard InChI is InChI=1S/C18H23N3O3/c22-16(19-12-7-3-1-2-4-8-12)11-15-18(24)20-14-10-6-5-9-13(14)17(23)21-15/h5-6,9-10,12,15H,1-4,7-8,11H2,(H,19,22)(H,20,24)(H,21,23)/t15-/m0/s1. The van der Waals surface area contributed by atoms with Gasteiger partial charge in [0.2, 0.25) is 11.8 Å². The number of rotatable bonds is 3.